The molecule has 2 atom stereocenters. The molecule has 186 valence electrons. The normalized spacial score (nSPS) is 12.3. The summed E-state index contributed by atoms with van der Waals surface area (Å²) in [5.74, 6) is -3.22. The molecule has 0 bridgehead atoms. The lowest BCUT2D eigenvalue weighted by Gasteiger charge is -2.30. The van der Waals surface area contributed by atoms with Gasteiger partial charge in [-0.05, 0) is 35.7 Å². The highest BCUT2D eigenvalue weighted by Crippen LogP contribution is 2.14. The minimum Gasteiger partial charge on any atom is -0.481 e. The van der Waals surface area contributed by atoms with Crippen molar-refractivity contribution in [1.82, 2.24) is 15.5 Å². The monoisotopic (exact) mass is 501 g/mol. The number of aliphatic carboxylic acids is 1. The van der Waals surface area contributed by atoms with Gasteiger partial charge in [-0.1, -0.05) is 55.8 Å². The van der Waals surface area contributed by atoms with Gasteiger partial charge in [-0.3, -0.25) is 19.2 Å². The predicted octanol–water partition coefficient (Wildman–Crippen LogP) is 2.28. The lowest BCUT2D eigenvalue weighted by Crippen LogP contribution is -2.53. The van der Waals surface area contributed by atoms with E-state index in [4.69, 9.17) is 16.7 Å². The van der Waals surface area contributed by atoms with E-state index < -0.39 is 48.7 Å². The van der Waals surface area contributed by atoms with Crippen LogP contribution in [0.25, 0.3) is 0 Å². The highest BCUT2D eigenvalue weighted by molar-refractivity contribution is 6.30. The second-order valence-corrected chi connectivity index (χ2v) is 8.73. The lowest BCUT2D eigenvalue weighted by molar-refractivity contribution is -0.141. The zero-order valence-corrected chi connectivity index (χ0v) is 20.2. The Balaban J connectivity index is 2.24. The maximum Gasteiger partial charge on any atom is 0.305 e. The summed E-state index contributed by atoms with van der Waals surface area (Å²) in [7, 11) is 0. The molecule has 2 aromatic carbocycles. The van der Waals surface area contributed by atoms with Crippen LogP contribution in [0.3, 0.4) is 0 Å². The minimum atomic E-state index is -1.25. The molecule has 0 unspecified atom stereocenters. The predicted molar refractivity (Wildman–Crippen MR) is 130 cm³/mol. The third-order valence-corrected chi connectivity index (χ3v) is 5.35. The van der Waals surface area contributed by atoms with Crippen LogP contribution in [0.4, 0.5) is 0 Å². The zero-order valence-electron chi connectivity index (χ0n) is 19.4. The quantitative estimate of drug-likeness (QED) is 0.382. The topological polar surface area (TPSA) is 133 Å². The van der Waals surface area contributed by atoms with Crippen LogP contribution in [0, 0.1) is 5.92 Å². The summed E-state index contributed by atoms with van der Waals surface area (Å²) in [6, 6.07) is 13.0. The highest BCUT2D eigenvalue weighted by Gasteiger charge is 2.30. The number of carboxylic acids is 1. The summed E-state index contributed by atoms with van der Waals surface area (Å²) in [6.07, 6.45) is -0.244. The van der Waals surface area contributed by atoms with Crippen molar-refractivity contribution in [3.05, 3.63) is 70.7 Å². The maximum absolute atomic E-state index is 13.5. The Morgan fingerprint density at radius 3 is 2.17 bits per heavy atom. The van der Waals surface area contributed by atoms with Gasteiger partial charge < -0.3 is 25.4 Å². The number of carbonyl (C=O) groups is 5. The number of halogens is 1. The Labute approximate surface area is 208 Å². The van der Waals surface area contributed by atoms with Crippen LogP contribution in [0.15, 0.2) is 54.6 Å². The number of amides is 3. The first-order chi connectivity index (χ1) is 16.6. The number of nitrogens with one attached hydrogen (secondary N) is 2. The first-order valence-corrected chi connectivity index (χ1v) is 11.3. The van der Waals surface area contributed by atoms with E-state index in [0.29, 0.717) is 16.9 Å². The van der Waals surface area contributed by atoms with Gasteiger partial charge in [0.25, 0.3) is 5.91 Å². The fourth-order valence-corrected chi connectivity index (χ4v) is 3.42. The largest absolute Gasteiger partial charge is 0.481 e. The number of benzene rings is 2. The standard InChI is InChI=1S/C25H28ClN3O6/c1-16(2)23(28-24(34)18-8-10-19(26)11-9-18)25(35)29(13-17-6-4-3-5-7-17)14-21(31)27-20(15-30)12-22(32)33/h3-11,15-16,20,23H,12-14H2,1-2H3,(H,27,31)(H,28,34)(H,32,33)/t20-,23-/m0/s1. The van der Waals surface area contributed by atoms with Gasteiger partial charge in [-0.2, -0.15) is 0 Å². The van der Waals surface area contributed by atoms with Gasteiger partial charge in [0.15, 0.2) is 0 Å². The van der Waals surface area contributed by atoms with Crippen LogP contribution >= 0.6 is 11.6 Å². The van der Waals surface area contributed by atoms with E-state index in [1.165, 1.54) is 17.0 Å². The van der Waals surface area contributed by atoms with Crippen molar-refractivity contribution in [3.63, 3.8) is 0 Å². The van der Waals surface area contributed by atoms with Crippen LogP contribution in [0.5, 0.6) is 0 Å². The van der Waals surface area contributed by atoms with E-state index in [1.54, 1.807) is 50.2 Å². The molecule has 0 saturated heterocycles. The van der Waals surface area contributed by atoms with Crippen molar-refractivity contribution in [2.45, 2.75) is 38.9 Å². The average Bonchev–Trinajstić information content (AvgIpc) is 2.81. The Morgan fingerprint density at radius 2 is 1.63 bits per heavy atom. The molecule has 0 spiro atoms. The number of nitrogens with zero attached hydrogens (tertiary/aromatic N) is 1. The van der Waals surface area contributed by atoms with Crippen molar-refractivity contribution in [2.75, 3.05) is 6.54 Å². The van der Waals surface area contributed by atoms with Gasteiger partial charge in [0, 0.05) is 17.1 Å². The molecule has 0 heterocycles. The number of carbonyl (C=O) groups excluding carboxylic acids is 4. The molecule has 2 rings (SSSR count). The molecule has 9 nitrogen and oxygen atoms in total. The fourth-order valence-electron chi connectivity index (χ4n) is 3.30. The van der Waals surface area contributed by atoms with Gasteiger partial charge in [-0.15, -0.1) is 0 Å². The summed E-state index contributed by atoms with van der Waals surface area (Å²) >= 11 is 5.88. The molecule has 0 aliphatic carbocycles. The molecule has 0 saturated carbocycles. The third-order valence-electron chi connectivity index (χ3n) is 5.09. The number of rotatable bonds is 12. The second-order valence-electron chi connectivity index (χ2n) is 8.29. The molecule has 3 amide bonds. The molecule has 0 aromatic heterocycles. The van der Waals surface area contributed by atoms with Crippen molar-refractivity contribution < 1.29 is 29.1 Å². The molecule has 35 heavy (non-hydrogen) atoms. The van der Waals surface area contributed by atoms with Crippen molar-refractivity contribution >= 4 is 41.6 Å². The Hall–Kier alpha value is -3.72. The minimum absolute atomic E-state index is 0.0673. The Kier molecular flexibility index (Phi) is 10.4. The van der Waals surface area contributed by atoms with Gasteiger partial charge in [0.1, 0.15) is 12.3 Å². The van der Waals surface area contributed by atoms with Crippen molar-refractivity contribution in [2.24, 2.45) is 5.92 Å². The second kappa shape index (κ2) is 13.2. The zero-order chi connectivity index (χ0) is 26.0. The fraction of sp³-hybridized carbons (Fsp3) is 0.320. The van der Waals surface area contributed by atoms with Gasteiger partial charge >= 0.3 is 5.97 Å². The molecular weight excluding hydrogens is 474 g/mol. The van der Waals surface area contributed by atoms with E-state index in [9.17, 15) is 24.0 Å². The van der Waals surface area contributed by atoms with Crippen LogP contribution in [0.1, 0.15) is 36.2 Å². The number of carboxylic acid groups (broad SMARTS) is 1. The van der Waals surface area contributed by atoms with Crippen molar-refractivity contribution in [1.29, 1.82) is 0 Å². The van der Waals surface area contributed by atoms with E-state index in [0.717, 1.165) is 5.56 Å². The molecule has 0 fully saturated rings. The molecule has 10 heteroatoms. The van der Waals surface area contributed by atoms with E-state index in [1.807, 2.05) is 6.07 Å². The summed E-state index contributed by atoms with van der Waals surface area (Å²) in [5, 5.41) is 14.4. The van der Waals surface area contributed by atoms with E-state index >= 15 is 0 Å². The smallest absolute Gasteiger partial charge is 0.305 e. The Bertz CT molecular complexity index is 1040. The number of hydrogen-bond donors (Lipinski definition) is 3. The first kappa shape index (κ1) is 27.5. The SMILES string of the molecule is CC(C)[C@H](NC(=O)c1ccc(Cl)cc1)C(=O)N(CC(=O)N[C@H](C=O)CC(=O)O)Cc1ccccc1. The number of aldehydes is 1. The van der Waals surface area contributed by atoms with Gasteiger partial charge in [-0.25, -0.2) is 0 Å². The van der Waals surface area contributed by atoms with Crippen LogP contribution in [-0.2, 0) is 25.7 Å². The maximum atomic E-state index is 13.5. The summed E-state index contributed by atoms with van der Waals surface area (Å²) < 4.78 is 0. The van der Waals surface area contributed by atoms with Crippen LogP contribution in [0.2, 0.25) is 5.02 Å². The van der Waals surface area contributed by atoms with Crippen molar-refractivity contribution in [3.8, 4) is 0 Å². The van der Waals surface area contributed by atoms with Gasteiger partial charge in [0.05, 0.1) is 19.0 Å². The number of hydrogen-bond acceptors (Lipinski definition) is 5. The summed E-state index contributed by atoms with van der Waals surface area (Å²) in [6.45, 7) is 3.16. The van der Waals surface area contributed by atoms with Gasteiger partial charge in [0.2, 0.25) is 11.8 Å². The average molecular weight is 502 g/mol. The molecule has 0 radical (unpaired) electrons. The molecular formula is C25H28ClN3O6. The molecule has 0 aliphatic rings. The lowest BCUT2D eigenvalue weighted by atomic mass is 10.0. The van der Waals surface area contributed by atoms with E-state index in [-0.39, 0.29) is 12.5 Å². The summed E-state index contributed by atoms with van der Waals surface area (Å²) in [4.78, 5) is 62.2. The highest BCUT2D eigenvalue weighted by atomic mass is 35.5. The Morgan fingerprint density at radius 1 is 1.00 bits per heavy atom. The van der Waals surface area contributed by atoms with Crippen LogP contribution in [-0.4, -0.2) is 58.6 Å². The molecule has 3 N–H and O–H groups in total. The third kappa shape index (κ3) is 8.86. The molecule has 0 aliphatic heterocycles. The van der Waals surface area contributed by atoms with E-state index in [2.05, 4.69) is 10.6 Å². The summed E-state index contributed by atoms with van der Waals surface area (Å²) in [5.41, 5.74) is 1.07. The first-order valence-electron chi connectivity index (χ1n) is 11.0. The van der Waals surface area contributed by atoms with Crippen LogP contribution < -0.4 is 10.6 Å². The molecule has 2 aromatic rings.